The molecule has 4 N–H and O–H groups in total. The number of hydrogen-bond donors (Lipinski definition) is 4. The van der Waals surface area contributed by atoms with Crippen LogP contribution in [0.4, 0.5) is 11.4 Å². The van der Waals surface area contributed by atoms with Crippen molar-refractivity contribution in [2.75, 3.05) is 17.4 Å². The zero-order valence-corrected chi connectivity index (χ0v) is 23.7. The first-order valence-electron chi connectivity index (χ1n) is 14.0. The number of amides is 3. The predicted octanol–water partition coefficient (Wildman–Crippen LogP) is 4.08. The van der Waals surface area contributed by atoms with Crippen LogP contribution in [0.1, 0.15) is 26.3 Å². The summed E-state index contributed by atoms with van der Waals surface area (Å²) in [5.74, 6) is -1.87. The van der Waals surface area contributed by atoms with E-state index in [4.69, 9.17) is 9.47 Å². The lowest BCUT2D eigenvalue weighted by Gasteiger charge is -2.16. The standard InChI is InChI=1S/C33H27N5O7/c39-30(17-38-18-34-25-8-4-5-9-27(25)38)35-23-13-22(32(41)37-26(33(42)43)12-20-6-2-1-3-7-20)14-24(16-23)36-31(40)21-10-11-28-29(15-21)45-19-44-28/h1-11,13-16,18,26H,12,17,19H2,(H,35,39)(H,36,40)(H,37,41)(H,42,43)/t26-/m0/s1. The minimum absolute atomic E-state index is 0.0289. The van der Waals surface area contributed by atoms with Crippen molar-refractivity contribution in [3.8, 4) is 11.5 Å². The van der Waals surface area contributed by atoms with Gasteiger partial charge in [-0.1, -0.05) is 42.5 Å². The van der Waals surface area contributed by atoms with Gasteiger partial charge in [0, 0.05) is 28.9 Å². The zero-order valence-electron chi connectivity index (χ0n) is 23.7. The summed E-state index contributed by atoms with van der Waals surface area (Å²) < 4.78 is 12.4. The molecule has 1 aliphatic heterocycles. The van der Waals surface area contributed by atoms with Crippen LogP contribution in [0.3, 0.4) is 0 Å². The van der Waals surface area contributed by atoms with E-state index in [1.54, 1.807) is 47.3 Å². The number of benzene rings is 4. The van der Waals surface area contributed by atoms with Gasteiger partial charge in [-0.2, -0.15) is 0 Å². The van der Waals surface area contributed by atoms with Crippen LogP contribution in [0.25, 0.3) is 11.0 Å². The lowest BCUT2D eigenvalue weighted by molar-refractivity contribution is -0.139. The van der Waals surface area contributed by atoms with E-state index in [1.807, 2.05) is 30.3 Å². The summed E-state index contributed by atoms with van der Waals surface area (Å²) in [6.45, 7) is -0.00884. The Morgan fingerprint density at radius 2 is 1.53 bits per heavy atom. The second kappa shape index (κ2) is 12.6. The molecule has 0 aliphatic carbocycles. The van der Waals surface area contributed by atoms with Crippen LogP contribution < -0.4 is 25.4 Å². The van der Waals surface area contributed by atoms with Gasteiger partial charge < -0.3 is 35.1 Å². The number of aliphatic carboxylic acids is 1. The highest BCUT2D eigenvalue weighted by molar-refractivity contribution is 6.07. The molecule has 0 saturated heterocycles. The fourth-order valence-corrected chi connectivity index (χ4v) is 4.93. The molecule has 0 radical (unpaired) electrons. The molecule has 1 aromatic heterocycles. The van der Waals surface area contributed by atoms with Crippen LogP contribution in [0.15, 0.2) is 97.3 Å². The third-order valence-electron chi connectivity index (χ3n) is 7.10. The number of carbonyl (C=O) groups excluding carboxylic acids is 3. The molecular weight excluding hydrogens is 578 g/mol. The summed E-state index contributed by atoms with van der Waals surface area (Å²) in [5.41, 5.74) is 2.96. The third-order valence-corrected chi connectivity index (χ3v) is 7.10. The zero-order chi connectivity index (χ0) is 31.3. The molecule has 0 fully saturated rings. The smallest absolute Gasteiger partial charge is 0.326 e. The molecule has 1 aliphatic rings. The summed E-state index contributed by atoms with van der Waals surface area (Å²) in [6, 6.07) is 24.1. The monoisotopic (exact) mass is 605 g/mol. The Kier molecular flexibility index (Phi) is 8.10. The van der Waals surface area contributed by atoms with Gasteiger partial charge in [0.1, 0.15) is 12.6 Å². The topological polar surface area (TPSA) is 161 Å². The summed E-state index contributed by atoms with van der Waals surface area (Å²) in [5, 5.41) is 17.9. The first-order valence-corrected chi connectivity index (χ1v) is 14.0. The average Bonchev–Trinajstić information content (AvgIpc) is 3.67. The van der Waals surface area contributed by atoms with E-state index in [0.29, 0.717) is 11.5 Å². The SMILES string of the molecule is O=C(Cn1cnc2ccccc21)Nc1cc(NC(=O)c2ccc3c(c2)OCO3)cc(C(=O)N[C@@H](Cc2ccccc2)C(=O)O)c1. The molecule has 4 aromatic carbocycles. The van der Waals surface area contributed by atoms with E-state index in [1.165, 1.54) is 24.3 Å². The van der Waals surface area contributed by atoms with Gasteiger partial charge >= 0.3 is 5.97 Å². The average molecular weight is 606 g/mol. The molecule has 12 nitrogen and oxygen atoms in total. The lowest BCUT2D eigenvalue weighted by Crippen LogP contribution is -2.42. The molecule has 6 rings (SSSR count). The van der Waals surface area contributed by atoms with Gasteiger partial charge in [-0.15, -0.1) is 0 Å². The number of aromatic nitrogens is 2. The molecule has 0 unspecified atom stereocenters. The maximum absolute atomic E-state index is 13.4. The van der Waals surface area contributed by atoms with E-state index in [9.17, 15) is 24.3 Å². The molecule has 0 saturated carbocycles. The summed E-state index contributed by atoms with van der Waals surface area (Å²) in [7, 11) is 0. The lowest BCUT2D eigenvalue weighted by atomic mass is 10.1. The molecule has 2 heterocycles. The molecule has 3 amide bonds. The summed E-state index contributed by atoms with van der Waals surface area (Å²) >= 11 is 0. The fraction of sp³-hybridized carbons (Fsp3) is 0.121. The van der Waals surface area contributed by atoms with Gasteiger partial charge in [0.15, 0.2) is 11.5 Å². The molecule has 1 atom stereocenters. The van der Waals surface area contributed by atoms with Gasteiger partial charge in [0.2, 0.25) is 12.7 Å². The van der Waals surface area contributed by atoms with Crippen LogP contribution in [0.2, 0.25) is 0 Å². The summed E-state index contributed by atoms with van der Waals surface area (Å²) in [4.78, 5) is 55.9. The van der Waals surface area contributed by atoms with Crippen molar-refractivity contribution in [2.24, 2.45) is 0 Å². The van der Waals surface area contributed by atoms with Crippen LogP contribution in [-0.2, 0) is 22.6 Å². The minimum Gasteiger partial charge on any atom is -0.480 e. The molecular formula is C33H27N5O7. The van der Waals surface area contributed by atoms with Gasteiger partial charge in [0.05, 0.1) is 17.4 Å². The van der Waals surface area contributed by atoms with E-state index in [0.717, 1.165) is 16.6 Å². The molecule has 12 heteroatoms. The number of rotatable bonds is 10. The number of ether oxygens (including phenoxy) is 2. The van der Waals surface area contributed by atoms with Crippen molar-refractivity contribution >= 4 is 46.1 Å². The number of anilines is 2. The number of para-hydroxylation sites is 2. The van der Waals surface area contributed by atoms with E-state index < -0.39 is 29.7 Å². The van der Waals surface area contributed by atoms with Crippen LogP contribution in [-0.4, -0.2) is 51.2 Å². The van der Waals surface area contributed by atoms with Gasteiger partial charge in [-0.25, -0.2) is 9.78 Å². The number of fused-ring (bicyclic) bond motifs is 2. The van der Waals surface area contributed by atoms with Crippen molar-refractivity contribution in [3.05, 3.63) is 114 Å². The van der Waals surface area contributed by atoms with Crippen molar-refractivity contribution in [2.45, 2.75) is 19.0 Å². The van der Waals surface area contributed by atoms with Gasteiger partial charge in [-0.3, -0.25) is 14.4 Å². The van der Waals surface area contributed by atoms with Crippen molar-refractivity contribution in [1.29, 1.82) is 0 Å². The fourth-order valence-electron chi connectivity index (χ4n) is 4.93. The first kappa shape index (κ1) is 28.9. The Hall–Kier alpha value is -6.17. The quantitative estimate of drug-likeness (QED) is 0.185. The van der Waals surface area contributed by atoms with E-state index >= 15 is 0 Å². The number of carbonyl (C=O) groups is 4. The molecule has 0 bridgehead atoms. The normalized spacial score (nSPS) is 12.4. The Morgan fingerprint density at radius 1 is 0.800 bits per heavy atom. The van der Waals surface area contributed by atoms with Gasteiger partial charge in [0.25, 0.3) is 11.8 Å². The maximum atomic E-state index is 13.4. The summed E-state index contributed by atoms with van der Waals surface area (Å²) in [6.07, 6.45) is 1.62. The van der Waals surface area contributed by atoms with E-state index in [2.05, 4.69) is 20.9 Å². The van der Waals surface area contributed by atoms with Crippen molar-refractivity contribution in [3.63, 3.8) is 0 Å². The van der Waals surface area contributed by atoms with Crippen LogP contribution in [0.5, 0.6) is 11.5 Å². The highest BCUT2D eigenvalue weighted by Gasteiger charge is 2.23. The molecule has 45 heavy (non-hydrogen) atoms. The third kappa shape index (κ3) is 6.75. The Bertz CT molecular complexity index is 1920. The largest absolute Gasteiger partial charge is 0.480 e. The first-order chi connectivity index (χ1) is 21.8. The Morgan fingerprint density at radius 3 is 2.33 bits per heavy atom. The van der Waals surface area contributed by atoms with Crippen LogP contribution >= 0.6 is 0 Å². The van der Waals surface area contributed by atoms with E-state index in [-0.39, 0.29) is 42.3 Å². The highest BCUT2D eigenvalue weighted by Crippen LogP contribution is 2.33. The van der Waals surface area contributed by atoms with Crippen LogP contribution in [0, 0.1) is 0 Å². The number of nitrogens with zero attached hydrogens (tertiary/aromatic N) is 2. The molecule has 226 valence electrons. The minimum atomic E-state index is -1.22. The predicted molar refractivity (Wildman–Crippen MR) is 164 cm³/mol. The number of carboxylic acids is 1. The highest BCUT2D eigenvalue weighted by atomic mass is 16.7. The second-order valence-corrected chi connectivity index (χ2v) is 10.3. The second-order valence-electron chi connectivity index (χ2n) is 10.3. The Labute approximate surface area is 256 Å². The van der Waals surface area contributed by atoms with Crippen molar-refractivity contribution < 1.29 is 33.8 Å². The van der Waals surface area contributed by atoms with Gasteiger partial charge in [-0.05, 0) is 54.1 Å². The maximum Gasteiger partial charge on any atom is 0.326 e. The Balaban J connectivity index is 1.25. The number of hydrogen-bond acceptors (Lipinski definition) is 7. The number of imidazole rings is 1. The molecule has 5 aromatic rings. The van der Waals surface area contributed by atoms with Crippen molar-refractivity contribution in [1.82, 2.24) is 14.9 Å². The number of nitrogens with one attached hydrogen (secondary N) is 3. The molecule has 0 spiro atoms. The number of carboxylic acid groups (broad SMARTS) is 1.